The second kappa shape index (κ2) is 22.6. The molecule has 3 unspecified atom stereocenters. The third kappa shape index (κ3) is 14.7. The van der Waals surface area contributed by atoms with Crippen molar-refractivity contribution in [2.75, 3.05) is 18.5 Å². The van der Waals surface area contributed by atoms with Crippen LogP contribution in [0.4, 0.5) is 5.69 Å². The number of carbonyl (C=O) groups excluding carboxylic acids is 1. The first-order valence-electron chi connectivity index (χ1n) is 21.2. The maximum Gasteiger partial charge on any atom is 0.315 e. The molecule has 0 saturated heterocycles. The van der Waals surface area contributed by atoms with E-state index in [0.717, 1.165) is 67.7 Å². The van der Waals surface area contributed by atoms with Crippen molar-refractivity contribution in [3.8, 4) is 5.75 Å². The molecule has 1 aliphatic rings. The van der Waals surface area contributed by atoms with E-state index < -0.39 is 0 Å². The van der Waals surface area contributed by atoms with Crippen molar-refractivity contribution in [2.45, 2.75) is 189 Å². The van der Waals surface area contributed by atoms with Gasteiger partial charge < -0.3 is 9.64 Å². The van der Waals surface area contributed by atoms with Gasteiger partial charge in [-0.1, -0.05) is 169 Å². The number of carbonyl (C=O) groups is 1. The lowest BCUT2D eigenvalue weighted by molar-refractivity contribution is -0.133. The molecule has 1 aliphatic carbocycles. The molecular formula is C47H77NO2. The Morgan fingerprint density at radius 3 is 2.04 bits per heavy atom. The molecule has 3 heteroatoms. The number of aryl methyl sites for hydroxylation is 2. The van der Waals surface area contributed by atoms with E-state index in [1.807, 2.05) is 0 Å². The van der Waals surface area contributed by atoms with Crippen molar-refractivity contribution >= 4 is 11.7 Å². The minimum atomic E-state index is -0.142. The zero-order valence-electron chi connectivity index (χ0n) is 34.0. The number of benzene rings is 2. The fourth-order valence-electron chi connectivity index (χ4n) is 8.06. The van der Waals surface area contributed by atoms with Crippen LogP contribution in [-0.4, -0.2) is 19.6 Å². The molecule has 3 nitrogen and oxygen atoms in total. The van der Waals surface area contributed by atoms with E-state index in [0.29, 0.717) is 6.42 Å². The average molecular weight is 688 g/mol. The van der Waals surface area contributed by atoms with Gasteiger partial charge in [-0.15, -0.1) is 0 Å². The van der Waals surface area contributed by atoms with Crippen LogP contribution < -0.4 is 9.64 Å². The van der Waals surface area contributed by atoms with Gasteiger partial charge in [-0.05, 0) is 89.7 Å². The van der Waals surface area contributed by atoms with Crippen LogP contribution in [-0.2, 0) is 29.5 Å². The molecule has 2 bridgehead atoms. The number of anilines is 1. The summed E-state index contributed by atoms with van der Waals surface area (Å²) in [5, 5.41) is 0. The molecule has 0 radical (unpaired) electrons. The summed E-state index contributed by atoms with van der Waals surface area (Å²) in [4.78, 5) is 16.0. The first-order valence-corrected chi connectivity index (χ1v) is 21.2. The SMILES string of the molecule is CCCCN(C)c1cccc(CC(=O)Oc2c3cc(C(C)(C)C)cc2CCCCCCC(CC)CCCC(C(C)CC)CCCCCCC3)c1. The van der Waals surface area contributed by atoms with E-state index >= 15 is 0 Å². The summed E-state index contributed by atoms with van der Waals surface area (Å²) in [7, 11) is 2.14. The number of esters is 1. The van der Waals surface area contributed by atoms with Crippen LogP contribution in [0.1, 0.15) is 186 Å². The van der Waals surface area contributed by atoms with Gasteiger partial charge in [0.25, 0.3) is 0 Å². The Morgan fingerprint density at radius 1 is 0.820 bits per heavy atom. The minimum Gasteiger partial charge on any atom is -0.426 e. The molecule has 3 atom stereocenters. The van der Waals surface area contributed by atoms with E-state index in [4.69, 9.17) is 4.74 Å². The van der Waals surface area contributed by atoms with Crippen molar-refractivity contribution in [3.05, 3.63) is 58.7 Å². The monoisotopic (exact) mass is 688 g/mol. The number of unbranched alkanes of at least 4 members (excludes halogenated alkanes) is 1. The molecule has 0 heterocycles. The summed E-state index contributed by atoms with van der Waals surface area (Å²) < 4.78 is 6.46. The van der Waals surface area contributed by atoms with Crippen LogP contribution in [0.2, 0.25) is 0 Å². The van der Waals surface area contributed by atoms with E-state index in [-0.39, 0.29) is 11.4 Å². The Kier molecular flexibility index (Phi) is 19.0. The first kappa shape index (κ1) is 42.1. The maximum absolute atomic E-state index is 13.7. The third-order valence-corrected chi connectivity index (χ3v) is 11.9. The second-order valence-corrected chi connectivity index (χ2v) is 17.1. The van der Waals surface area contributed by atoms with Gasteiger partial charge in [0.2, 0.25) is 0 Å². The molecular weight excluding hydrogens is 611 g/mol. The fraction of sp³-hybridized carbons (Fsp3) is 0.723. The lowest BCUT2D eigenvalue weighted by atomic mass is 9.82. The van der Waals surface area contributed by atoms with Crippen LogP contribution in [0.3, 0.4) is 0 Å². The highest BCUT2D eigenvalue weighted by Crippen LogP contribution is 2.35. The third-order valence-electron chi connectivity index (χ3n) is 11.9. The number of hydrogen-bond donors (Lipinski definition) is 0. The lowest BCUT2D eigenvalue weighted by Crippen LogP contribution is -2.19. The molecule has 50 heavy (non-hydrogen) atoms. The van der Waals surface area contributed by atoms with Crippen molar-refractivity contribution in [1.29, 1.82) is 0 Å². The highest BCUT2D eigenvalue weighted by Gasteiger charge is 2.22. The van der Waals surface area contributed by atoms with Crippen molar-refractivity contribution in [1.82, 2.24) is 0 Å². The Hall–Kier alpha value is -2.29. The fourth-order valence-corrected chi connectivity index (χ4v) is 8.06. The highest BCUT2D eigenvalue weighted by atomic mass is 16.5. The summed E-state index contributed by atoms with van der Waals surface area (Å²) in [5.74, 6) is 3.35. The van der Waals surface area contributed by atoms with Gasteiger partial charge in [-0.25, -0.2) is 0 Å². The molecule has 282 valence electrons. The number of nitrogens with zero attached hydrogens (tertiary/aromatic N) is 1. The second-order valence-electron chi connectivity index (χ2n) is 17.1. The number of fused-ring (bicyclic) bond motifs is 2. The zero-order chi connectivity index (χ0) is 36.4. The number of ether oxygens (including phenoxy) is 1. The molecule has 0 amide bonds. The summed E-state index contributed by atoms with van der Waals surface area (Å²) in [5.41, 5.74) is 6.08. The summed E-state index contributed by atoms with van der Waals surface area (Å²) in [6.07, 6.45) is 25.7. The molecule has 0 aromatic heterocycles. The van der Waals surface area contributed by atoms with Crippen molar-refractivity contribution in [3.63, 3.8) is 0 Å². The Balaban J connectivity index is 1.82. The van der Waals surface area contributed by atoms with Gasteiger partial charge in [0.1, 0.15) is 5.75 Å². The van der Waals surface area contributed by atoms with Gasteiger partial charge in [0.05, 0.1) is 6.42 Å². The Bertz CT molecular complexity index is 1240. The number of rotatable bonds is 10. The zero-order valence-corrected chi connectivity index (χ0v) is 34.0. The first-order chi connectivity index (χ1) is 24.0. The van der Waals surface area contributed by atoms with E-state index in [1.54, 1.807) is 0 Å². The predicted octanol–water partition coefficient (Wildman–Crippen LogP) is 13.6. The lowest BCUT2D eigenvalue weighted by Gasteiger charge is -2.24. The van der Waals surface area contributed by atoms with Gasteiger partial charge in [-0.2, -0.15) is 0 Å². The molecule has 0 spiro atoms. The Labute approximate surface area is 309 Å². The van der Waals surface area contributed by atoms with Gasteiger partial charge in [0.15, 0.2) is 0 Å². The van der Waals surface area contributed by atoms with Crippen LogP contribution >= 0.6 is 0 Å². The highest BCUT2D eigenvalue weighted by molar-refractivity contribution is 5.76. The Morgan fingerprint density at radius 2 is 1.42 bits per heavy atom. The molecule has 0 aliphatic heterocycles. The predicted molar refractivity (Wildman–Crippen MR) is 218 cm³/mol. The molecule has 0 saturated carbocycles. The summed E-state index contributed by atoms with van der Waals surface area (Å²) in [6, 6.07) is 13.2. The van der Waals surface area contributed by atoms with Crippen molar-refractivity contribution in [2.24, 2.45) is 17.8 Å². The minimum absolute atomic E-state index is 0.0455. The summed E-state index contributed by atoms with van der Waals surface area (Å²) in [6.45, 7) is 17.5. The molecule has 3 rings (SSSR count). The smallest absolute Gasteiger partial charge is 0.315 e. The van der Waals surface area contributed by atoms with Gasteiger partial charge in [0, 0.05) is 19.3 Å². The topological polar surface area (TPSA) is 29.5 Å². The van der Waals surface area contributed by atoms with Crippen LogP contribution in [0.25, 0.3) is 0 Å². The van der Waals surface area contributed by atoms with Crippen LogP contribution in [0.5, 0.6) is 5.75 Å². The molecule has 0 fully saturated rings. The summed E-state index contributed by atoms with van der Waals surface area (Å²) >= 11 is 0. The van der Waals surface area contributed by atoms with E-state index in [1.165, 1.54) is 119 Å². The largest absolute Gasteiger partial charge is 0.426 e. The normalized spacial score (nSPS) is 20.0. The average Bonchev–Trinajstić information content (AvgIpc) is 3.09. The standard InChI is InChI=1S/C47H77NO2/c1-9-12-32-48(8)44-31-23-26-39(33-44)34-45(49)50-46-41-28-20-15-13-14-19-27-40(37(4)10-2)30-22-25-38(11-3)24-18-16-17-21-29-42(46)36-43(35-41)47(5,6)7/h23,26,31,33,35-38,40H,9-22,24-25,27-30,32,34H2,1-8H3. The molecule has 2 aromatic rings. The van der Waals surface area contributed by atoms with Gasteiger partial charge in [-0.3, -0.25) is 4.79 Å². The van der Waals surface area contributed by atoms with E-state index in [2.05, 4.69) is 96.8 Å². The molecule has 2 aromatic carbocycles. The van der Waals surface area contributed by atoms with Crippen LogP contribution in [0.15, 0.2) is 36.4 Å². The number of hydrogen-bond acceptors (Lipinski definition) is 3. The molecule has 0 N–H and O–H groups in total. The quantitative estimate of drug-likeness (QED) is 0.184. The van der Waals surface area contributed by atoms with Crippen LogP contribution in [0, 0.1) is 17.8 Å². The maximum atomic E-state index is 13.7. The van der Waals surface area contributed by atoms with Crippen molar-refractivity contribution < 1.29 is 9.53 Å². The van der Waals surface area contributed by atoms with E-state index in [9.17, 15) is 4.79 Å². The van der Waals surface area contributed by atoms with Gasteiger partial charge >= 0.3 is 5.97 Å².